The van der Waals surface area contributed by atoms with Crippen LogP contribution in [0.5, 0.6) is 5.75 Å². The third-order valence-corrected chi connectivity index (χ3v) is 3.32. The maximum atomic E-state index is 13.1. The fourth-order valence-electron chi connectivity index (χ4n) is 2.41. The van der Waals surface area contributed by atoms with E-state index >= 15 is 0 Å². The van der Waals surface area contributed by atoms with Gasteiger partial charge in [-0.25, -0.2) is 8.78 Å². The molecule has 1 aromatic rings. The van der Waals surface area contributed by atoms with E-state index < -0.39 is 11.6 Å². The molecule has 6 heteroatoms. The normalized spacial score (nSPS) is 21.3. The van der Waals surface area contributed by atoms with Crippen LogP contribution in [-0.2, 0) is 9.53 Å². The average Bonchev–Trinajstić information content (AvgIpc) is 2.83. The van der Waals surface area contributed by atoms with E-state index in [2.05, 4.69) is 5.32 Å². The molecule has 0 bridgehead atoms. The molecule has 0 saturated carbocycles. The smallest absolute Gasteiger partial charge is 0.305 e. The van der Waals surface area contributed by atoms with Crippen molar-refractivity contribution in [1.82, 2.24) is 5.32 Å². The summed E-state index contributed by atoms with van der Waals surface area (Å²) >= 11 is 0. The molecule has 1 saturated heterocycles. The molecule has 1 aliphatic heterocycles. The van der Waals surface area contributed by atoms with Crippen molar-refractivity contribution in [2.75, 3.05) is 13.2 Å². The van der Waals surface area contributed by atoms with Gasteiger partial charge in [0.1, 0.15) is 23.5 Å². The quantitative estimate of drug-likeness (QED) is 0.820. The predicted molar refractivity (Wildman–Crippen MR) is 73.0 cm³/mol. The van der Waals surface area contributed by atoms with Crippen molar-refractivity contribution in [3.05, 3.63) is 29.8 Å². The molecule has 0 amide bonds. The van der Waals surface area contributed by atoms with Crippen molar-refractivity contribution in [3.63, 3.8) is 0 Å². The van der Waals surface area contributed by atoms with Gasteiger partial charge in [-0.05, 0) is 13.3 Å². The van der Waals surface area contributed by atoms with Crippen molar-refractivity contribution >= 4 is 5.97 Å². The maximum Gasteiger partial charge on any atom is 0.305 e. The molecule has 0 aliphatic carbocycles. The third-order valence-electron chi connectivity index (χ3n) is 3.32. The summed E-state index contributed by atoms with van der Waals surface area (Å²) in [5, 5.41) is 3.23. The van der Waals surface area contributed by atoms with Gasteiger partial charge in [-0.15, -0.1) is 0 Å². The number of nitrogens with one attached hydrogen (secondary N) is 1. The zero-order valence-electron chi connectivity index (χ0n) is 11.9. The minimum Gasteiger partial charge on any atom is -0.489 e. The van der Waals surface area contributed by atoms with Gasteiger partial charge >= 0.3 is 5.97 Å². The SMILES string of the molecule is CCOC(=O)CC[C@@H]1C[C@@H](Oc2cc(F)cc(F)c2)CN1. The monoisotopic (exact) mass is 299 g/mol. The Morgan fingerprint density at radius 2 is 2.05 bits per heavy atom. The van der Waals surface area contributed by atoms with Crippen molar-refractivity contribution in [2.45, 2.75) is 38.3 Å². The fraction of sp³-hybridized carbons (Fsp3) is 0.533. The van der Waals surface area contributed by atoms with E-state index in [0.717, 1.165) is 18.2 Å². The fourth-order valence-corrected chi connectivity index (χ4v) is 2.41. The molecule has 116 valence electrons. The lowest BCUT2D eigenvalue weighted by atomic mass is 10.1. The van der Waals surface area contributed by atoms with Crippen LogP contribution >= 0.6 is 0 Å². The van der Waals surface area contributed by atoms with Crippen LogP contribution in [0.4, 0.5) is 8.78 Å². The zero-order valence-corrected chi connectivity index (χ0v) is 11.9. The van der Waals surface area contributed by atoms with Gasteiger partial charge in [0.25, 0.3) is 0 Å². The average molecular weight is 299 g/mol. The molecule has 1 aliphatic rings. The largest absolute Gasteiger partial charge is 0.489 e. The molecule has 1 aromatic carbocycles. The summed E-state index contributed by atoms with van der Waals surface area (Å²) in [6.45, 7) is 2.74. The van der Waals surface area contributed by atoms with Crippen LogP contribution in [0.1, 0.15) is 26.2 Å². The van der Waals surface area contributed by atoms with Crippen LogP contribution < -0.4 is 10.1 Å². The number of carbonyl (C=O) groups excluding carboxylic acids is 1. The molecule has 0 spiro atoms. The summed E-state index contributed by atoms with van der Waals surface area (Å²) in [6.07, 6.45) is 1.55. The minimum atomic E-state index is -0.658. The van der Waals surface area contributed by atoms with Gasteiger partial charge in [-0.3, -0.25) is 4.79 Å². The first-order valence-electron chi connectivity index (χ1n) is 7.08. The number of halogens is 2. The van der Waals surface area contributed by atoms with E-state index in [4.69, 9.17) is 9.47 Å². The van der Waals surface area contributed by atoms with E-state index in [9.17, 15) is 13.6 Å². The second-order valence-corrected chi connectivity index (χ2v) is 5.03. The molecule has 4 nitrogen and oxygen atoms in total. The second kappa shape index (κ2) is 7.36. The predicted octanol–water partition coefficient (Wildman–Crippen LogP) is 2.42. The number of hydrogen-bond donors (Lipinski definition) is 1. The maximum absolute atomic E-state index is 13.1. The Hall–Kier alpha value is -1.69. The topological polar surface area (TPSA) is 47.6 Å². The summed E-state index contributed by atoms with van der Waals surface area (Å²) in [5.41, 5.74) is 0. The summed E-state index contributed by atoms with van der Waals surface area (Å²) in [6, 6.07) is 3.28. The van der Waals surface area contributed by atoms with Crippen LogP contribution in [0, 0.1) is 11.6 Å². The first-order chi connectivity index (χ1) is 10.1. The molecule has 1 fully saturated rings. The Morgan fingerprint density at radius 3 is 2.71 bits per heavy atom. The molecular formula is C15H19F2NO3. The Kier molecular flexibility index (Phi) is 5.50. The van der Waals surface area contributed by atoms with E-state index in [1.165, 1.54) is 0 Å². The molecule has 0 unspecified atom stereocenters. The van der Waals surface area contributed by atoms with Gasteiger partial charge in [0.15, 0.2) is 0 Å². The number of carbonyl (C=O) groups is 1. The Bertz CT molecular complexity index is 476. The van der Waals surface area contributed by atoms with Crippen LogP contribution in [0.3, 0.4) is 0 Å². The highest BCUT2D eigenvalue weighted by atomic mass is 19.1. The molecule has 0 aromatic heterocycles. The van der Waals surface area contributed by atoms with E-state index in [1.54, 1.807) is 6.92 Å². The standard InChI is InChI=1S/C15H19F2NO3/c1-2-20-15(19)4-3-12-8-14(9-18-12)21-13-6-10(16)5-11(17)7-13/h5-7,12,14,18H,2-4,8-9H2,1H3/t12-,14-/m1/s1. The number of hydrogen-bond acceptors (Lipinski definition) is 4. The summed E-state index contributed by atoms with van der Waals surface area (Å²) in [4.78, 5) is 11.3. The van der Waals surface area contributed by atoms with E-state index in [-0.39, 0.29) is 23.9 Å². The van der Waals surface area contributed by atoms with E-state index in [1.807, 2.05) is 0 Å². The minimum absolute atomic E-state index is 0.151. The lowest BCUT2D eigenvalue weighted by molar-refractivity contribution is -0.143. The van der Waals surface area contributed by atoms with Crippen LogP contribution in [-0.4, -0.2) is 31.3 Å². The van der Waals surface area contributed by atoms with Gasteiger partial charge in [-0.2, -0.15) is 0 Å². The lowest BCUT2D eigenvalue weighted by Gasteiger charge is -2.13. The zero-order chi connectivity index (χ0) is 15.2. The lowest BCUT2D eigenvalue weighted by Crippen LogP contribution is -2.23. The second-order valence-electron chi connectivity index (χ2n) is 5.03. The summed E-state index contributed by atoms with van der Waals surface area (Å²) < 4.78 is 36.6. The van der Waals surface area contributed by atoms with Crippen molar-refractivity contribution < 1.29 is 23.0 Å². The highest BCUT2D eigenvalue weighted by molar-refractivity contribution is 5.69. The molecule has 2 atom stereocenters. The van der Waals surface area contributed by atoms with Crippen molar-refractivity contribution in [2.24, 2.45) is 0 Å². The number of rotatable bonds is 6. The van der Waals surface area contributed by atoms with Crippen LogP contribution in [0.2, 0.25) is 0 Å². The highest BCUT2D eigenvalue weighted by Crippen LogP contribution is 2.21. The molecular weight excluding hydrogens is 280 g/mol. The summed E-state index contributed by atoms with van der Waals surface area (Å²) in [5.74, 6) is -1.34. The number of esters is 1. The highest BCUT2D eigenvalue weighted by Gasteiger charge is 2.26. The summed E-state index contributed by atoms with van der Waals surface area (Å²) in [7, 11) is 0. The number of benzene rings is 1. The molecule has 1 heterocycles. The first kappa shape index (κ1) is 15.7. The molecule has 1 N–H and O–H groups in total. The van der Waals surface area contributed by atoms with Crippen LogP contribution in [0.25, 0.3) is 0 Å². The Morgan fingerprint density at radius 1 is 1.33 bits per heavy atom. The van der Waals surface area contributed by atoms with Gasteiger partial charge in [0.2, 0.25) is 0 Å². The van der Waals surface area contributed by atoms with Crippen molar-refractivity contribution in [1.29, 1.82) is 0 Å². The van der Waals surface area contributed by atoms with Crippen molar-refractivity contribution in [3.8, 4) is 5.75 Å². The van der Waals surface area contributed by atoms with Gasteiger partial charge in [0, 0.05) is 43.6 Å². The van der Waals surface area contributed by atoms with Gasteiger partial charge in [-0.1, -0.05) is 0 Å². The molecule has 2 rings (SSSR count). The molecule has 21 heavy (non-hydrogen) atoms. The van der Waals surface area contributed by atoms with Gasteiger partial charge < -0.3 is 14.8 Å². The van der Waals surface area contributed by atoms with Gasteiger partial charge in [0.05, 0.1) is 6.61 Å². The number of ether oxygens (including phenoxy) is 2. The van der Waals surface area contributed by atoms with E-state index in [0.29, 0.717) is 32.4 Å². The third kappa shape index (κ3) is 4.97. The van der Waals surface area contributed by atoms with Crippen LogP contribution in [0.15, 0.2) is 18.2 Å². The first-order valence-corrected chi connectivity index (χ1v) is 7.08. The Labute approximate surface area is 122 Å². The molecule has 0 radical (unpaired) electrons. The Balaban J connectivity index is 1.78.